The summed E-state index contributed by atoms with van der Waals surface area (Å²) in [7, 11) is 1.76. The zero-order valence-electron chi connectivity index (χ0n) is 17.3. The molecule has 0 amide bonds. The van der Waals surface area contributed by atoms with Crippen LogP contribution in [-0.2, 0) is 11.3 Å². The fraction of sp³-hybridized carbons (Fsp3) is 0.280. The molecule has 1 aliphatic heterocycles. The highest BCUT2D eigenvalue weighted by molar-refractivity contribution is 6.35. The summed E-state index contributed by atoms with van der Waals surface area (Å²) in [4.78, 5) is 4.89. The Morgan fingerprint density at radius 1 is 0.871 bits per heavy atom. The minimum absolute atomic E-state index is 0.0720. The molecule has 3 aromatic rings. The van der Waals surface area contributed by atoms with Crippen LogP contribution in [0, 0.1) is 0 Å². The molecule has 4 rings (SSSR count). The van der Waals surface area contributed by atoms with E-state index >= 15 is 0 Å². The molecule has 0 N–H and O–H groups in total. The van der Waals surface area contributed by atoms with E-state index in [9.17, 15) is 0 Å². The van der Waals surface area contributed by atoms with Crippen LogP contribution in [0.4, 0.5) is 5.69 Å². The summed E-state index contributed by atoms with van der Waals surface area (Å²) in [6.07, 6.45) is 0. The van der Waals surface area contributed by atoms with Gasteiger partial charge in [0.1, 0.15) is 0 Å². The van der Waals surface area contributed by atoms with Gasteiger partial charge in [0, 0.05) is 47.5 Å². The number of ether oxygens (including phenoxy) is 1. The molecule has 2 atom stereocenters. The molecule has 0 unspecified atom stereocenters. The van der Waals surface area contributed by atoms with Gasteiger partial charge < -0.3 is 9.64 Å². The molecular weight excluding hydrogens is 451 g/mol. The first-order chi connectivity index (χ1) is 15.0. The molecule has 1 heterocycles. The topological polar surface area (TPSA) is 15.7 Å². The van der Waals surface area contributed by atoms with Crippen molar-refractivity contribution in [2.75, 3.05) is 31.7 Å². The molecule has 6 heteroatoms. The van der Waals surface area contributed by atoms with E-state index in [0.717, 1.165) is 35.9 Å². The van der Waals surface area contributed by atoms with Gasteiger partial charge in [-0.1, -0.05) is 71.2 Å². The van der Waals surface area contributed by atoms with Crippen molar-refractivity contribution in [2.45, 2.75) is 18.6 Å². The van der Waals surface area contributed by atoms with Crippen molar-refractivity contribution in [2.24, 2.45) is 0 Å². The molecule has 3 aromatic carbocycles. The normalized spacial score (nSPS) is 19.5. The molecule has 162 valence electrons. The molecule has 0 bridgehead atoms. The van der Waals surface area contributed by atoms with Gasteiger partial charge in [-0.3, -0.25) is 4.90 Å². The van der Waals surface area contributed by atoms with Crippen LogP contribution in [0.3, 0.4) is 0 Å². The van der Waals surface area contributed by atoms with E-state index in [4.69, 9.17) is 39.5 Å². The summed E-state index contributed by atoms with van der Waals surface area (Å²) in [5.74, 6) is 0. The van der Waals surface area contributed by atoms with Crippen LogP contribution in [0.25, 0.3) is 0 Å². The van der Waals surface area contributed by atoms with E-state index < -0.39 is 0 Å². The van der Waals surface area contributed by atoms with Gasteiger partial charge in [-0.05, 0) is 47.5 Å². The number of halogens is 3. The molecule has 0 aromatic heterocycles. The van der Waals surface area contributed by atoms with E-state index in [2.05, 4.69) is 46.2 Å². The number of hydrogen-bond acceptors (Lipinski definition) is 3. The van der Waals surface area contributed by atoms with Crippen LogP contribution in [0.5, 0.6) is 0 Å². The molecule has 0 saturated carbocycles. The Bertz CT molecular complexity index is 997. The van der Waals surface area contributed by atoms with Crippen LogP contribution < -0.4 is 4.90 Å². The van der Waals surface area contributed by atoms with Gasteiger partial charge in [0.05, 0.1) is 18.7 Å². The van der Waals surface area contributed by atoms with Crippen molar-refractivity contribution < 1.29 is 4.74 Å². The van der Waals surface area contributed by atoms with Crippen molar-refractivity contribution in [3.63, 3.8) is 0 Å². The number of nitrogens with zero attached hydrogens (tertiary/aromatic N) is 2. The Labute approximate surface area is 199 Å². The van der Waals surface area contributed by atoms with Gasteiger partial charge in [0.25, 0.3) is 0 Å². The predicted molar refractivity (Wildman–Crippen MR) is 131 cm³/mol. The minimum Gasteiger partial charge on any atom is -0.383 e. The second-order valence-electron chi connectivity index (χ2n) is 7.83. The van der Waals surface area contributed by atoms with Crippen LogP contribution in [-0.4, -0.2) is 37.7 Å². The molecule has 1 saturated heterocycles. The highest BCUT2D eigenvalue weighted by Gasteiger charge is 2.35. The van der Waals surface area contributed by atoms with Crippen molar-refractivity contribution in [3.05, 3.63) is 99.0 Å². The first kappa shape index (κ1) is 22.4. The number of piperazine rings is 1. The lowest BCUT2D eigenvalue weighted by Gasteiger charge is -2.48. The van der Waals surface area contributed by atoms with Crippen molar-refractivity contribution >= 4 is 40.5 Å². The van der Waals surface area contributed by atoms with Crippen LogP contribution in [0.1, 0.15) is 17.2 Å². The lowest BCUT2D eigenvalue weighted by molar-refractivity contribution is 0.0644. The van der Waals surface area contributed by atoms with Gasteiger partial charge in [-0.25, -0.2) is 0 Å². The molecule has 31 heavy (non-hydrogen) atoms. The third-order valence-electron chi connectivity index (χ3n) is 5.77. The van der Waals surface area contributed by atoms with Gasteiger partial charge in [-0.15, -0.1) is 0 Å². The second kappa shape index (κ2) is 10.2. The van der Waals surface area contributed by atoms with E-state index in [-0.39, 0.29) is 12.1 Å². The zero-order valence-corrected chi connectivity index (χ0v) is 19.6. The number of methoxy groups -OCH3 is 1. The molecule has 0 spiro atoms. The van der Waals surface area contributed by atoms with Crippen LogP contribution >= 0.6 is 34.8 Å². The van der Waals surface area contributed by atoms with Crippen molar-refractivity contribution in [1.29, 1.82) is 0 Å². The van der Waals surface area contributed by atoms with Gasteiger partial charge in [0.2, 0.25) is 0 Å². The molecule has 3 nitrogen and oxygen atoms in total. The Morgan fingerprint density at radius 3 is 2.26 bits per heavy atom. The number of anilines is 1. The SMILES string of the molecule is COC[C@H]1CN(c2ccc(Cl)cc2)[C@@H](c2ccc(Cl)cc2Cl)CN1Cc1ccccc1. The maximum atomic E-state index is 6.67. The lowest BCUT2D eigenvalue weighted by atomic mass is 9.97. The highest BCUT2D eigenvalue weighted by atomic mass is 35.5. The first-order valence-corrected chi connectivity index (χ1v) is 11.4. The smallest absolute Gasteiger partial charge is 0.0685 e. The third kappa shape index (κ3) is 5.36. The zero-order chi connectivity index (χ0) is 21.8. The first-order valence-electron chi connectivity index (χ1n) is 10.3. The van der Waals surface area contributed by atoms with Crippen molar-refractivity contribution in [1.82, 2.24) is 4.90 Å². The van der Waals surface area contributed by atoms with E-state index in [0.29, 0.717) is 16.7 Å². The fourth-order valence-electron chi connectivity index (χ4n) is 4.26. The highest BCUT2D eigenvalue weighted by Crippen LogP contribution is 2.37. The number of hydrogen-bond donors (Lipinski definition) is 0. The molecule has 1 fully saturated rings. The molecule has 1 aliphatic rings. The van der Waals surface area contributed by atoms with Crippen molar-refractivity contribution in [3.8, 4) is 0 Å². The van der Waals surface area contributed by atoms with E-state index in [1.807, 2.05) is 36.4 Å². The summed E-state index contributed by atoms with van der Waals surface area (Å²) in [6, 6.07) is 24.6. The summed E-state index contributed by atoms with van der Waals surface area (Å²) >= 11 is 19.0. The lowest BCUT2D eigenvalue weighted by Crippen LogP contribution is -2.56. The van der Waals surface area contributed by atoms with Gasteiger partial charge in [-0.2, -0.15) is 0 Å². The largest absolute Gasteiger partial charge is 0.383 e. The summed E-state index contributed by atoms with van der Waals surface area (Å²) < 4.78 is 5.60. The maximum absolute atomic E-state index is 6.67. The summed E-state index contributed by atoms with van der Waals surface area (Å²) in [5, 5.41) is 2.04. The average Bonchev–Trinajstić information content (AvgIpc) is 2.76. The number of rotatable bonds is 6. The fourth-order valence-corrected chi connectivity index (χ4v) is 4.92. The second-order valence-corrected chi connectivity index (χ2v) is 9.11. The standard InChI is InChI=1S/C25H25Cl3N2O/c1-31-17-22-15-30(21-10-7-19(26)8-11-21)25(23-12-9-20(27)13-24(23)28)16-29(22)14-18-5-3-2-4-6-18/h2-13,22,25H,14-17H2,1H3/t22-,25-/m1/s1. The van der Waals surface area contributed by atoms with E-state index in [1.54, 1.807) is 7.11 Å². The Hall–Kier alpha value is -1.75. The molecule has 0 radical (unpaired) electrons. The Morgan fingerprint density at radius 2 is 1.58 bits per heavy atom. The maximum Gasteiger partial charge on any atom is 0.0685 e. The average molecular weight is 476 g/mol. The number of benzene rings is 3. The van der Waals surface area contributed by atoms with Gasteiger partial charge >= 0.3 is 0 Å². The summed E-state index contributed by atoms with van der Waals surface area (Å²) in [5.41, 5.74) is 3.46. The van der Waals surface area contributed by atoms with Crippen LogP contribution in [0.15, 0.2) is 72.8 Å². The van der Waals surface area contributed by atoms with E-state index in [1.165, 1.54) is 5.56 Å². The summed E-state index contributed by atoms with van der Waals surface area (Å²) in [6.45, 7) is 3.13. The minimum atomic E-state index is 0.0720. The van der Waals surface area contributed by atoms with Gasteiger partial charge in [0.15, 0.2) is 0 Å². The third-order valence-corrected chi connectivity index (χ3v) is 6.59. The van der Waals surface area contributed by atoms with Crippen LogP contribution in [0.2, 0.25) is 15.1 Å². The Balaban J connectivity index is 1.71. The quantitative estimate of drug-likeness (QED) is 0.393. The molecule has 0 aliphatic carbocycles. The molecular formula is C25H25Cl3N2O. The Kier molecular flexibility index (Phi) is 7.42. The predicted octanol–water partition coefficient (Wildman–Crippen LogP) is 6.73. The monoisotopic (exact) mass is 474 g/mol.